The van der Waals surface area contributed by atoms with E-state index in [-0.39, 0.29) is 12.3 Å². The number of hydrogen-bond donors (Lipinski definition) is 2. The Bertz CT molecular complexity index is 646. The average molecular weight is 287 g/mol. The number of amides is 1. The summed E-state index contributed by atoms with van der Waals surface area (Å²) in [6.45, 7) is 3.46. The molecule has 0 bridgehead atoms. The standard InChI is InChI=1S/C16H17NO4/c1-10-8-13(11(2)21-10)16(20)17-14(9-15(18)19)12-6-4-3-5-7-12/h3-8,14H,9H2,1-2H3,(H,17,20)(H,18,19). The SMILES string of the molecule is Cc1cc(C(=O)NC(CC(=O)O)c2ccccc2)c(C)o1. The van der Waals surface area contributed by atoms with E-state index in [0.717, 1.165) is 5.56 Å². The number of nitrogens with one attached hydrogen (secondary N) is 1. The van der Waals surface area contributed by atoms with Crippen LogP contribution in [0.15, 0.2) is 40.8 Å². The van der Waals surface area contributed by atoms with Gasteiger partial charge in [0.05, 0.1) is 18.0 Å². The summed E-state index contributed by atoms with van der Waals surface area (Å²) in [7, 11) is 0. The van der Waals surface area contributed by atoms with E-state index in [1.54, 1.807) is 32.0 Å². The minimum atomic E-state index is -0.968. The number of furan rings is 1. The van der Waals surface area contributed by atoms with Crippen LogP contribution in [0.3, 0.4) is 0 Å². The first-order valence-electron chi connectivity index (χ1n) is 6.62. The minimum absolute atomic E-state index is 0.175. The summed E-state index contributed by atoms with van der Waals surface area (Å²) in [5.41, 5.74) is 1.19. The highest BCUT2D eigenvalue weighted by Gasteiger charge is 2.21. The summed E-state index contributed by atoms with van der Waals surface area (Å²) < 4.78 is 5.33. The third kappa shape index (κ3) is 3.72. The van der Waals surface area contributed by atoms with Crippen molar-refractivity contribution in [1.29, 1.82) is 0 Å². The quantitative estimate of drug-likeness (QED) is 0.886. The molecule has 2 N–H and O–H groups in total. The molecule has 0 spiro atoms. The van der Waals surface area contributed by atoms with Crippen LogP contribution in [-0.2, 0) is 4.79 Å². The van der Waals surface area contributed by atoms with Crippen molar-refractivity contribution >= 4 is 11.9 Å². The molecule has 2 aromatic rings. The largest absolute Gasteiger partial charge is 0.481 e. The predicted octanol–water partition coefficient (Wildman–Crippen LogP) is 2.84. The third-order valence-corrected chi connectivity index (χ3v) is 3.17. The molecule has 21 heavy (non-hydrogen) atoms. The lowest BCUT2D eigenvalue weighted by molar-refractivity contribution is -0.137. The second-order valence-corrected chi connectivity index (χ2v) is 4.86. The van der Waals surface area contributed by atoms with Crippen LogP contribution in [0.1, 0.15) is 39.9 Å². The van der Waals surface area contributed by atoms with Crippen molar-refractivity contribution in [3.63, 3.8) is 0 Å². The summed E-state index contributed by atoms with van der Waals surface area (Å²) in [5.74, 6) is -0.136. The molecule has 5 heteroatoms. The topological polar surface area (TPSA) is 79.5 Å². The molecule has 2 rings (SSSR count). The highest BCUT2D eigenvalue weighted by Crippen LogP contribution is 2.19. The van der Waals surface area contributed by atoms with Gasteiger partial charge in [-0.05, 0) is 25.5 Å². The molecule has 0 saturated heterocycles. The van der Waals surface area contributed by atoms with Crippen molar-refractivity contribution in [2.75, 3.05) is 0 Å². The first kappa shape index (κ1) is 14.8. The maximum Gasteiger partial charge on any atom is 0.305 e. The van der Waals surface area contributed by atoms with Crippen LogP contribution < -0.4 is 5.32 Å². The number of benzene rings is 1. The summed E-state index contributed by atoms with van der Waals surface area (Å²) >= 11 is 0. The Morgan fingerprint density at radius 1 is 1.24 bits per heavy atom. The van der Waals surface area contributed by atoms with Crippen molar-refractivity contribution in [1.82, 2.24) is 5.32 Å². The van der Waals surface area contributed by atoms with E-state index in [1.807, 2.05) is 18.2 Å². The third-order valence-electron chi connectivity index (χ3n) is 3.17. The summed E-state index contributed by atoms with van der Waals surface area (Å²) in [4.78, 5) is 23.3. The molecule has 110 valence electrons. The van der Waals surface area contributed by atoms with Gasteiger partial charge in [-0.2, -0.15) is 0 Å². The van der Waals surface area contributed by atoms with Crippen LogP contribution in [0.4, 0.5) is 0 Å². The van der Waals surface area contributed by atoms with Gasteiger partial charge in [0.2, 0.25) is 0 Å². The first-order valence-corrected chi connectivity index (χ1v) is 6.62. The average Bonchev–Trinajstić information content (AvgIpc) is 2.77. The van der Waals surface area contributed by atoms with Crippen molar-refractivity contribution < 1.29 is 19.1 Å². The molecule has 1 atom stereocenters. The van der Waals surface area contributed by atoms with Gasteiger partial charge in [0.25, 0.3) is 5.91 Å². The van der Waals surface area contributed by atoms with Crippen LogP contribution in [0.25, 0.3) is 0 Å². The normalized spacial score (nSPS) is 11.9. The Kier molecular flexibility index (Phi) is 4.42. The van der Waals surface area contributed by atoms with Crippen LogP contribution in [0.5, 0.6) is 0 Å². The zero-order valence-electron chi connectivity index (χ0n) is 11.9. The maximum atomic E-state index is 12.3. The Morgan fingerprint density at radius 2 is 1.90 bits per heavy atom. The van der Waals surface area contributed by atoms with Gasteiger partial charge in [0.15, 0.2) is 0 Å². The van der Waals surface area contributed by atoms with Gasteiger partial charge >= 0.3 is 5.97 Å². The molecule has 0 radical (unpaired) electrons. The lowest BCUT2D eigenvalue weighted by atomic mass is 10.0. The molecule has 1 aromatic heterocycles. The molecule has 1 heterocycles. The zero-order valence-corrected chi connectivity index (χ0v) is 11.9. The van der Waals surface area contributed by atoms with Gasteiger partial charge in [0.1, 0.15) is 11.5 Å². The molecule has 1 amide bonds. The van der Waals surface area contributed by atoms with E-state index in [4.69, 9.17) is 9.52 Å². The van der Waals surface area contributed by atoms with E-state index < -0.39 is 12.0 Å². The Balaban J connectivity index is 2.21. The van der Waals surface area contributed by atoms with E-state index in [9.17, 15) is 9.59 Å². The second-order valence-electron chi connectivity index (χ2n) is 4.86. The minimum Gasteiger partial charge on any atom is -0.481 e. The van der Waals surface area contributed by atoms with E-state index in [0.29, 0.717) is 17.1 Å². The van der Waals surface area contributed by atoms with Crippen molar-refractivity contribution in [3.05, 3.63) is 59.0 Å². The van der Waals surface area contributed by atoms with Crippen molar-refractivity contribution in [3.8, 4) is 0 Å². The summed E-state index contributed by atoms with van der Waals surface area (Å²) in [6, 6.07) is 10.1. The molecule has 1 aromatic carbocycles. The monoisotopic (exact) mass is 287 g/mol. The van der Waals surface area contributed by atoms with E-state index in [2.05, 4.69) is 5.32 Å². The van der Waals surface area contributed by atoms with Crippen LogP contribution in [-0.4, -0.2) is 17.0 Å². The highest BCUT2D eigenvalue weighted by molar-refractivity contribution is 5.95. The summed E-state index contributed by atoms with van der Waals surface area (Å²) in [6.07, 6.45) is -0.175. The lowest BCUT2D eigenvalue weighted by Gasteiger charge is -2.17. The fraction of sp³-hybridized carbons (Fsp3) is 0.250. The van der Waals surface area contributed by atoms with Gasteiger partial charge < -0.3 is 14.8 Å². The molecule has 1 unspecified atom stereocenters. The van der Waals surface area contributed by atoms with Gasteiger partial charge in [-0.1, -0.05) is 30.3 Å². The Hall–Kier alpha value is -2.56. The van der Waals surface area contributed by atoms with Crippen LogP contribution in [0.2, 0.25) is 0 Å². The highest BCUT2D eigenvalue weighted by atomic mass is 16.4. The molecule has 5 nitrogen and oxygen atoms in total. The summed E-state index contributed by atoms with van der Waals surface area (Å²) in [5, 5.41) is 11.8. The van der Waals surface area contributed by atoms with Crippen LogP contribution >= 0.6 is 0 Å². The van der Waals surface area contributed by atoms with Crippen molar-refractivity contribution in [2.45, 2.75) is 26.3 Å². The number of aryl methyl sites for hydroxylation is 2. The molecule has 0 saturated carbocycles. The van der Waals surface area contributed by atoms with E-state index >= 15 is 0 Å². The molecule has 0 aliphatic carbocycles. The number of hydrogen-bond acceptors (Lipinski definition) is 3. The fourth-order valence-electron chi connectivity index (χ4n) is 2.20. The predicted molar refractivity (Wildman–Crippen MR) is 77.1 cm³/mol. The number of rotatable bonds is 5. The van der Waals surface area contributed by atoms with Gasteiger partial charge in [0, 0.05) is 0 Å². The molecule has 0 fully saturated rings. The lowest BCUT2D eigenvalue weighted by Crippen LogP contribution is -2.30. The van der Waals surface area contributed by atoms with Gasteiger partial charge in [-0.15, -0.1) is 0 Å². The number of carbonyl (C=O) groups excluding carboxylic acids is 1. The number of carbonyl (C=O) groups is 2. The van der Waals surface area contributed by atoms with Crippen LogP contribution in [0, 0.1) is 13.8 Å². The number of carboxylic acids is 1. The maximum absolute atomic E-state index is 12.3. The molecular weight excluding hydrogens is 270 g/mol. The Labute approximate surface area is 122 Å². The Morgan fingerprint density at radius 3 is 2.43 bits per heavy atom. The first-order chi connectivity index (χ1) is 9.97. The number of carboxylic acid groups (broad SMARTS) is 1. The van der Waals surface area contributed by atoms with Gasteiger partial charge in [-0.25, -0.2) is 0 Å². The molecule has 0 aliphatic heterocycles. The second kappa shape index (κ2) is 6.26. The van der Waals surface area contributed by atoms with E-state index in [1.165, 1.54) is 0 Å². The molecule has 0 aliphatic rings. The zero-order chi connectivity index (χ0) is 15.4. The van der Waals surface area contributed by atoms with Crippen molar-refractivity contribution in [2.24, 2.45) is 0 Å². The van der Waals surface area contributed by atoms with Gasteiger partial charge in [-0.3, -0.25) is 9.59 Å². The smallest absolute Gasteiger partial charge is 0.305 e. The fourth-order valence-corrected chi connectivity index (χ4v) is 2.20. The number of aliphatic carboxylic acids is 1. The molecular formula is C16H17NO4.